The number of aryl methyl sites for hydroxylation is 2. The molecule has 3 rings (SSSR count). The summed E-state index contributed by atoms with van der Waals surface area (Å²) in [5.41, 5.74) is 4.05. The molecule has 146 valence electrons. The number of benzene rings is 2. The van der Waals surface area contributed by atoms with Gasteiger partial charge in [0.2, 0.25) is 0 Å². The van der Waals surface area contributed by atoms with Crippen LogP contribution >= 0.6 is 0 Å². The average molecular weight is 381 g/mol. The topological polar surface area (TPSA) is 83.5 Å². The van der Waals surface area contributed by atoms with Crippen LogP contribution in [0.2, 0.25) is 0 Å². The summed E-state index contributed by atoms with van der Waals surface area (Å²) in [6.45, 7) is 4.31. The number of nitrogens with zero attached hydrogens (tertiary/aromatic N) is 5. The zero-order valence-corrected chi connectivity index (χ0v) is 16.4. The first-order chi connectivity index (χ1) is 13.5. The average Bonchev–Trinajstić information content (AvgIpc) is 3.04. The van der Waals surface area contributed by atoms with Gasteiger partial charge in [-0.15, -0.1) is 0 Å². The molecule has 0 amide bonds. The van der Waals surface area contributed by atoms with Gasteiger partial charge in [0, 0.05) is 12.6 Å². The lowest BCUT2D eigenvalue weighted by Gasteiger charge is -2.13. The van der Waals surface area contributed by atoms with Crippen molar-refractivity contribution in [2.45, 2.75) is 26.9 Å². The fourth-order valence-electron chi connectivity index (χ4n) is 2.88. The van der Waals surface area contributed by atoms with Crippen LogP contribution in [0.4, 0.5) is 0 Å². The second-order valence-electron chi connectivity index (χ2n) is 6.27. The van der Waals surface area contributed by atoms with Crippen molar-refractivity contribution in [2.75, 3.05) is 7.11 Å². The highest BCUT2D eigenvalue weighted by Crippen LogP contribution is 2.22. The normalized spacial score (nSPS) is 11.5. The van der Waals surface area contributed by atoms with Crippen LogP contribution in [0.3, 0.4) is 0 Å². The van der Waals surface area contributed by atoms with E-state index in [9.17, 15) is 4.79 Å². The van der Waals surface area contributed by atoms with E-state index in [-0.39, 0.29) is 5.69 Å². The molecule has 0 unspecified atom stereocenters. The van der Waals surface area contributed by atoms with Crippen LogP contribution in [0, 0.1) is 6.92 Å². The predicted octanol–water partition coefficient (Wildman–Crippen LogP) is 2.61. The molecule has 2 aromatic carbocycles. The predicted molar refractivity (Wildman–Crippen MR) is 106 cm³/mol. The third-order valence-electron chi connectivity index (χ3n) is 4.37. The first-order valence-corrected chi connectivity index (χ1v) is 8.96. The lowest BCUT2D eigenvalue weighted by atomic mass is 10.0. The van der Waals surface area contributed by atoms with Crippen molar-refractivity contribution in [3.63, 3.8) is 0 Å². The minimum absolute atomic E-state index is 0.298. The minimum Gasteiger partial charge on any atom is -0.489 e. The summed E-state index contributed by atoms with van der Waals surface area (Å²) < 4.78 is 8.47. The van der Waals surface area contributed by atoms with Crippen LogP contribution in [0.5, 0.6) is 5.75 Å². The Morgan fingerprint density at radius 2 is 1.96 bits per heavy atom. The van der Waals surface area contributed by atoms with E-state index in [0.29, 0.717) is 12.3 Å². The second-order valence-corrected chi connectivity index (χ2v) is 6.27. The van der Waals surface area contributed by atoms with Crippen LogP contribution in [-0.2, 0) is 18.5 Å². The Bertz CT molecular complexity index is 1050. The fourth-order valence-corrected chi connectivity index (χ4v) is 2.88. The third kappa shape index (κ3) is 3.95. The standard InChI is InChI=1S/C20H23N5O3/c1-5-17(21-27-4)15-10-11-19(14(2)12-15)28-13-16-8-6-7-9-18(16)25-20(26)24(3)22-23-25/h6-12H,5,13H2,1-4H3/b21-17+. The number of rotatable bonds is 7. The number of tetrazole rings is 1. The molecule has 0 radical (unpaired) electrons. The highest BCUT2D eigenvalue weighted by Gasteiger charge is 2.12. The van der Waals surface area contributed by atoms with Gasteiger partial charge in [-0.05, 0) is 59.2 Å². The molecular weight excluding hydrogens is 358 g/mol. The number of hydrogen-bond donors (Lipinski definition) is 0. The van der Waals surface area contributed by atoms with Gasteiger partial charge in [0.25, 0.3) is 0 Å². The van der Waals surface area contributed by atoms with Gasteiger partial charge in [-0.2, -0.15) is 9.36 Å². The van der Waals surface area contributed by atoms with Crippen molar-refractivity contribution in [1.29, 1.82) is 0 Å². The summed E-state index contributed by atoms with van der Waals surface area (Å²) in [5, 5.41) is 11.7. The summed E-state index contributed by atoms with van der Waals surface area (Å²) in [7, 11) is 3.10. The molecule has 1 aromatic heterocycles. The summed E-state index contributed by atoms with van der Waals surface area (Å²) in [5.74, 6) is 0.762. The first kappa shape index (κ1) is 19.3. The lowest BCUT2D eigenvalue weighted by Crippen LogP contribution is -2.23. The van der Waals surface area contributed by atoms with Gasteiger partial charge in [0.1, 0.15) is 19.5 Å². The zero-order valence-electron chi connectivity index (χ0n) is 16.4. The van der Waals surface area contributed by atoms with Crippen molar-refractivity contribution in [1.82, 2.24) is 19.8 Å². The van der Waals surface area contributed by atoms with Gasteiger partial charge in [-0.3, -0.25) is 0 Å². The van der Waals surface area contributed by atoms with Gasteiger partial charge >= 0.3 is 5.69 Å². The number of ether oxygens (including phenoxy) is 1. The molecule has 8 nitrogen and oxygen atoms in total. The van der Waals surface area contributed by atoms with E-state index in [1.165, 1.54) is 9.36 Å². The van der Waals surface area contributed by atoms with Gasteiger partial charge in [0.15, 0.2) is 0 Å². The van der Waals surface area contributed by atoms with E-state index < -0.39 is 0 Å². The van der Waals surface area contributed by atoms with Crippen molar-refractivity contribution < 1.29 is 9.57 Å². The maximum atomic E-state index is 12.2. The monoisotopic (exact) mass is 381 g/mol. The number of aromatic nitrogens is 4. The Morgan fingerprint density at radius 1 is 1.18 bits per heavy atom. The largest absolute Gasteiger partial charge is 0.489 e. The third-order valence-corrected chi connectivity index (χ3v) is 4.37. The number of para-hydroxylation sites is 1. The van der Waals surface area contributed by atoms with Crippen LogP contribution in [0.1, 0.15) is 30.0 Å². The maximum absolute atomic E-state index is 12.2. The molecule has 28 heavy (non-hydrogen) atoms. The summed E-state index contributed by atoms with van der Waals surface area (Å²) in [4.78, 5) is 17.1. The molecule has 0 saturated carbocycles. The summed E-state index contributed by atoms with van der Waals surface area (Å²) in [6, 6.07) is 13.4. The van der Waals surface area contributed by atoms with Crippen molar-refractivity contribution >= 4 is 5.71 Å². The molecule has 0 aliphatic heterocycles. The Balaban J connectivity index is 1.83. The van der Waals surface area contributed by atoms with E-state index in [0.717, 1.165) is 34.6 Å². The lowest BCUT2D eigenvalue weighted by molar-refractivity contribution is 0.213. The van der Waals surface area contributed by atoms with Gasteiger partial charge in [-0.25, -0.2) is 4.79 Å². The Hall–Kier alpha value is -3.42. The molecule has 0 bridgehead atoms. The van der Waals surface area contributed by atoms with Gasteiger partial charge < -0.3 is 9.57 Å². The highest BCUT2D eigenvalue weighted by molar-refractivity contribution is 6.00. The molecule has 0 N–H and O–H groups in total. The highest BCUT2D eigenvalue weighted by atomic mass is 16.6. The Kier molecular flexibility index (Phi) is 5.88. The summed E-state index contributed by atoms with van der Waals surface area (Å²) in [6.07, 6.45) is 0.772. The van der Waals surface area contributed by atoms with E-state index in [1.807, 2.05) is 56.3 Å². The second kappa shape index (κ2) is 8.51. The molecule has 0 aliphatic rings. The molecule has 1 heterocycles. The molecular formula is C20H23N5O3. The molecule has 0 aliphatic carbocycles. The minimum atomic E-state index is -0.308. The van der Waals surface area contributed by atoms with Crippen molar-refractivity contribution in [2.24, 2.45) is 12.2 Å². The van der Waals surface area contributed by atoms with Crippen LogP contribution in [-0.4, -0.2) is 32.6 Å². The van der Waals surface area contributed by atoms with Gasteiger partial charge in [0.05, 0.1) is 11.4 Å². The van der Waals surface area contributed by atoms with E-state index in [4.69, 9.17) is 9.57 Å². The Morgan fingerprint density at radius 3 is 2.61 bits per heavy atom. The van der Waals surface area contributed by atoms with Crippen molar-refractivity contribution in [3.05, 3.63) is 69.6 Å². The zero-order chi connectivity index (χ0) is 20.1. The van der Waals surface area contributed by atoms with E-state index in [1.54, 1.807) is 14.2 Å². The Labute approximate surface area is 163 Å². The van der Waals surface area contributed by atoms with Crippen molar-refractivity contribution in [3.8, 4) is 11.4 Å². The smallest absolute Gasteiger partial charge is 0.368 e. The van der Waals surface area contributed by atoms with Crippen LogP contribution < -0.4 is 10.4 Å². The molecule has 8 heteroatoms. The molecule has 0 spiro atoms. The van der Waals surface area contributed by atoms with E-state index in [2.05, 4.69) is 15.6 Å². The fraction of sp³-hybridized carbons (Fsp3) is 0.300. The number of oxime groups is 1. The SMILES string of the molecule is CC/C(=N\OC)c1ccc(OCc2ccccc2-n2nnn(C)c2=O)c(C)c1. The molecule has 0 fully saturated rings. The molecule has 0 saturated heterocycles. The first-order valence-electron chi connectivity index (χ1n) is 8.96. The molecule has 0 atom stereocenters. The van der Waals surface area contributed by atoms with Crippen LogP contribution in [0.25, 0.3) is 5.69 Å². The number of hydrogen-bond acceptors (Lipinski definition) is 6. The maximum Gasteiger partial charge on any atom is 0.368 e. The molecule has 3 aromatic rings. The quantitative estimate of drug-likeness (QED) is 0.464. The van der Waals surface area contributed by atoms with Crippen LogP contribution in [0.15, 0.2) is 52.4 Å². The summed E-state index contributed by atoms with van der Waals surface area (Å²) >= 11 is 0. The van der Waals surface area contributed by atoms with Gasteiger partial charge in [-0.1, -0.05) is 30.3 Å². The van der Waals surface area contributed by atoms with E-state index >= 15 is 0 Å².